The van der Waals surface area contributed by atoms with Crippen LogP contribution in [0.4, 0.5) is 0 Å². The Bertz CT molecular complexity index is 610. The van der Waals surface area contributed by atoms with Gasteiger partial charge >= 0.3 is 0 Å². The predicted octanol–water partition coefficient (Wildman–Crippen LogP) is 1.73. The molecule has 0 aliphatic rings. The third-order valence-corrected chi connectivity index (χ3v) is 3.99. The average molecular weight is 292 g/mol. The Hall–Kier alpha value is -1.89. The molecule has 106 valence electrons. The number of aliphatic hydroxyl groups is 1. The van der Waals surface area contributed by atoms with E-state index in [9.17, 15) is 9.90 Å². The molecule has 1 aromatic carbocycles. The van der Waals surface area contributed by atoms with E-state index in [-0.39, 0.29) is 12.5 Å². The Morgan fingerprint density at radius 3 is 2.85 bits per heavy atom. The molecule has 0 fully saturated rings. The maximum absolute atomic E-state index is 11.5. The summed E-state index contributed by atoms with van der Waals surface area (Å²) in [5.41, 5.74) is 3.78. The summed E-state index contributed by atoms with van der Waals surface area (Å²) in [6.45, 7) is 2.20. The molecule has 0 atom stereocenters. The van der Waals surface area contributed by atoms with E-state index in [1.807, 2.05) is 25.1 Å². The fourth-order valence-electron chi connectivity index (χ4n) is 1.78. The summed E-state index contributed by atoms with van der Waals surface area (Å²) < 4.78 is 5.71. The highest BCUT2D eigenvalue weighted by Gasteiger charge is 2.12. The maximum atomic E-state index is 11.5. The van der Waals surface area contributed by atoms with E-state index < -0.39 is 0 Å². The van der Waals surface area contributed by atoms with Gasteiger partial charge in [0.2, 0.25) is 0 Å². The number of aliphatic hydroxyl groups excluding tert-OH is 1. The summed E-state index contributed by atoms with van der Waals surface area (Å²) in [6.07, 6.45) is 0. The number of benzene rings is 1. The van der Waals surface area contributed by atoms with Crippen molar-refractivity contribution in [1.82, 2.24) is 5.43 Å². The minimum atomic E-state index is -0.305. The first kappa shape index (κ1) is 14.5. The lowest BCUT2D eigenvalue weighted by molar-refractivity contribution is 0.0957. The largest absolute Gasteiger partial charge is 0.488 e. The second kappa shape index (κ2) is 6.51. The third-order valence-electron chi connectivity index (χ3n) is 2.90. The van der Waals surface area contributed by atoms with Crippen molar-refractivity contribution < 1.29 is 14.6 Å². The second-order valence-corrected chi connectivity index (χ2v) is 5.48. The van der Waals surface area contributed by atoms with Crippen LogP contribution in [0.1, 0.15) is 25.7 Å². The van der Waals surface area contributed by atoms with Crippen molar-refractivity contribution in [2.75, 3.05) is 0 Å². The first-order valence-corrected chi connectivity index (χ1v) is 6.89. The number of amides is 1. The van der Waals surface area contributed by atoms with Crippen LogP contribution in [0.25, 0.3) is 0 Å². The molecule has 5 nitrogen and oxygen atoms in total. The first-order chi connectivity index (χ1) is 9.65. The highest BCUT2D eigenvalue weighted by molar-refractivity contribution is 7.14. The van der Waals surface area contributed by atoms with E-state index in [0.29, 0.717) is 17.2 Å². The van der Waals surface area contributed by atoms with Gasteiger partial charge in [0.05, 0.1) is 11.5 Å². The van der Waals surface area contributed by atoms with Crippen molar-refractivity contribution in [3.05, 3.63) is 51.2 Å². The van der Waals surface area contributed by atoms with E-state index in [1.165, 1.54) is 11.3 Å². The number of aryl methyl sites for hydroxylation is 1. The fraction of sp³-hybridized carbons (Fsp3) is 0.214. The van der Waals surface area contributed by atoms with Gasteiger partial charge in [-0.3, -0.25) is 10.2 Å². The normalized spacial score (nSPS) is 10.3. The van der Waals surface area contributed by atoms with Crippen molar-refractivity contribution >= 4 is 17.2 Å². The molecule has 0 saturated carbocycles. The molecule has 1 heterocycles. The molecule has 0 aliphatic carbocycles. The van der Waals surface area contributed by atoms with Gasteiger partial charge in [-0.1, -0.05) is 18.2 Å². The summed E-state index contributed by atoms with van der Waals surface area (Å²) in [5, 5.41) is 9.23. The van der Waals surface area contributed by atoms with E-state index in [2.05, 4.69) is 5.43 Å². The van der Waals surface area contributed by atoms with Gasteiger partial charge in [0.15, 0.2) is 0 Å². The molecule has 4 N–H and O–H groups in total. The molecule has 2 aromatic rings. The number of nitrogen functional groups attached to an aromatic ring is 1. The van der Waals surface area contributed by atoms with Gasteiger partial charge in [0.25, 0.3) is 5.91 Å². The van der Waals surface area contributed by atoms with E-state index in [1.54, 1.807) is 12.1 Å². The van der Waals surface area contributed by atoms with Crippen molar-refractivity contribution in [3.63, 3.8) is 0 Å². The smallest absolute Gasteiger partial charge is 0.275 e. The topological polar surface area (TPSA) is 84.6 Å². The first-order valence-electron chi connectivity index (χ1n) is 6.07. The highest BCUT2D eigenvalue weighted by atomic mass is 32.1. The van der Waals surface area contributed by atoms with Crippen molar-refractivity contribution in [3.8, 4) is 5.75 Å². The zero-order chi connectivity index (χ0) is 14.5. The summed E-state index contributed by atoms with van der Waals surface area (Å²) in [6, 6.07) is 9.08. The minimum absolute atomic E-state index is 0.0698. The molecule has 0 spiro atoms. The van der Waals surface area contributed by atoms with Crippen molar-refractivity contribution in [2.24, 2.45) is 5.84 Å². The molecular formula is C14H16N2O3S. The standard InChI is InChI=1S/C14H16N2O3S/c1-9-11(6-13(20-9)14(18)16-15)8-19-12-5-3-2-4-10(12)7-17/h2-6,17H,7-8,15H2,1H3,(H,16,18). The summed E-state index contributed by atoms with van der Waals surface area (Å²) in [5.74, 6) is 5.45. The average Bonchev–Trinajstić information content (AvgIpc) is 2.85. The Morgan fingerprint density at radius 2 is 2.15 bits per heavy atom. The molecule has 6 heteroatoms. The predicted molar refractivity (Wildman–Crippen MR) is 77.4 cm³/mol. The lowest BCUT2D eigenvalue weighted by Gasteiger charge is -2.09. The SMILES string of the molecule is Cc1sc(C(=O)NN)cc1COc1ccccc1CO. The van der Waals surface area contributed by atoms with E-state index in [0.717, 1.165) is 16.0 Å². The minimum Gasteiger partial charge on any atom is -0.488 e. The van der Waals surface area contributed by atoms with Gasteiger partial charge in [-0.25, -0.2) is 5.84 Å². The van der Waals surface area contributed by atoms with Crippen LogP contribution in [0.2, 0.25) is 0 Å². The van der Waals surface area contributed by atoms with Gasteiger partial charge in [-0.2, -0.15) is 0 Å². The van der Waals surface area contributed by atoms with Crippen LogP contribution in [-0.2, 0) is 13.2 Å². The number of carbonyl (C=O) groups is 1. The number of hydrazine groups is 1. The molecule has 0 aliphatic heterocycles. The third kappa shape index (κ3) is 3.16. The Labute approximate surface area is 121 Å². The number of nitrogens with two attached hydrogens (primary N) is 1. The van der Waals surface area contributed by atoms with Crippen molar-refractivity contribution in [1.29, 1.82) is 0 Å². The monoisotopic (exact) mass is 292 g/mol. The lowest BCUT2D eigenvalue weighted by Crippen LogP contribution is -2.29. The molecule has 1 aromatic heterocycles. The van der Waals surface area contributed by atoms with E-state index >= 15 is 0 Å². The number of nitrogens with one attached hydrogen (secondary N) is 1. The number of rotatable bonds is 5. The van der Waals surface area contributed by atoms with E-state index in [4.69, 9.17) is 10.6 Å². The number of para-hydroxylation sites is 1. The zero-order valence-electron chi connectivity index (χ0n) is 11.1. The van der Waals surface area contributed by atoms with Gasteiger partial charge < -0.3 is 9.84 Å². The molecule has 0 saturated heterocycles. The molecule has 20 heavy (non-hydrogen) atoms. The molecular weight excluding hydrogens is 276 g/mol. The van der Waals surface area contributed by atoms with Gasteiger partial charge in [-0.05, 0) is 19.1 Å². The summed E-state index contributed by atoms with van der Waals surface area (Å²) >= 11 is 1.37. The summed E-state index contributed by atoms with van der Waals surface area (Å²) in [4.78, 5) is 13.0. The number of ether oxygens (including phenoxy) is 1. The lowest BCUT2D eigenvalue weighted by atomic mass is 10.2. The Balaban J connectivity index is 2.11. The van der Waals surface area contributed by atoms with Crippen LogP contribution in [0, 0.1) is 6.92 Å². The Kier molecular flexibility index (Phi) is 4.73. The van der Waals surface area contributed by atoms with Crippen LogP contribution in [-0.4, -0.2) is 11.0 Å². The zero-order valence-corrected chi connectivity index (χ0v) is 11.9. The van der Waals surface area contributed by atoms with Crippen LogP contribution < -0.4 is 16.0 Å². The van der Waals surface area contributed by atoms with Crippen molar-refractivity contribution in [2.45, 2.75) is 20.1 Å². The molecule has 0 bridgehead atoms. The van der Waals surface area contributed by atoms with Gasteiger partial charge in [-0.15, -0.1) is 11.3 Å². The van der Waals surface area contributed by atoms with Crippen LogP contribution >= 0.6 is 11.3 Å². The number of carbonyl (C=O) groups excluding carboxylic acids is 1. The van der Waals surface area contributed by atoms with Crippen LogP contribution in [0.5, 0.6) is 5.75 Å². The summed E-state index contributed by atoms with van der Waals surface area (Å²) in [7, 11) is 0. The number of hydrogen-bond donors (Lipinski definition) is 3. The number of thiophene rings is 1. The fourth-order valence-corrected chi connectivity index (χ4v) is 2.71. The molecule has 2 rings (SSSR count). The molecule has 0 unspecified atom stereocenters. The quantitative estimate of drug-likeness (QED) is 0.445. The number of hydrogen-bond acceptors (Lipinski definition) is 5. The van der Waals surface area contributed by atoms with Crippen LogP contribution in [0.15, 0.2) is 30.3 Å². The molecule has 0 radical (unpaired) electrons. The second-order valence-electron chi connectivity index (χ2n) is 4.22. The van der Waals surface area contributed by atoms with Gasteiger partial charge in [0, 0.05) is 16.0 Å². The van der Waals surface area contributed by atoms with Gasteiger partial charge in [0.1, 0.15) is 12.4 Å². The highest BCUT2D eigenvalue weighted by Crippen LogP contribution is 2.24. The van der Waals surface area contributed by atoms with Crippen LogP contribution in [0.3, 0.4) is 0 Å². The molecule has 1 amide bonds. The maximum Gasteiger partial charge on any atom is 0.275 e. The Morgan fingerprint density at radius 1 is 1.40 bits per heavy atom.